The molecule has 0 atom stereocenters. The highest BCUT2D eigenvalue weighted by Crippen LogP contribution is 2.18. The molecule has 1 amide bonds. The van der Waals surface area contributed by atoms with Crippen LogP contribution in [0.25, 0.3) is 0 Å². The first-order valence-electron chi connectivity index (χ1n) is 11.5. The Balaban J connectivity index is 1.36. The van der Waals surface area contributed by atoms with Gasteiger partial charge in [0.2, 0.25) is 10.0 Å². The molecule has 1 heterocycles. The van der Waals surface area contributed by atoms with Crippen molar-refractivity contribution < 1.29 is 27.6 Å². The van der Waals surface area contributed by atoms with Crippen LogP contribution >= 0.6 is 0 Å². The Morgan fingerprint density at radius 2 is 1.68 bits per heavy atom. The van der Waals surface area contributed by atoms with E-state index in [-0.39, 0.29) is 17.9 Å². The quantitative estimate of drug-likeness (QED) is 0.421. The van der Waals surface area contributed by atoms with Gasteiger partial charge in [0.05, 0.1) is 44.0 Å². The first-order valence-corrected chi connectivity index (χ1v) is 13.0. The van der Waals surface area contributed by atoms with Crippen LogP contribution in [-0.2, 0) is 24.3 Å². The number of hydrogen-bond acceptors (Lipinski definition) is 6. The Labute approximate surface area is 201 Å². The number of likely N-dealkylation sites (N-methyl/N-ethyl adjacent to an activating group) is 1. The zero-order valence-corrected chi connectivity index (χ0v) is 20.5. The molecule has 3 N–H and O–H groups in total. The van der Waals surface area contributed by atoms with E-state index in [1.54, 1.807) is 17.0 Å². The van der Waals surface area contributed by atoms with E-state index in [9.17, 15) is 18.0 Å². The second kappa shape index (κ2) is 12.0. The van der Waals surface area contributed by atoms with Crippen molar-refractivity contribution in [2.45, 2.75) is 25.2 Å². The molecule has 3 rings (SSSR count). The molecule has 0 aliphatic carbocycles. The van der Waals surface area contributed by atoms with Crippen LogP contribution in [-0.4, -0.2) is 66.2 Å². The number of quaternary nitrogens is 1. The monoisotopic (exact) mass is 489 g/mol. The Hall–Kier alpha value is -2.95. The number of ether oxygens (including phenoxy) is 1. The van der Waals surface area contributed by atoms with Gasteiger partial charge in [-0.15, -0.1) is 0 Å². The SMILES string of the molecule is CC[NH+]1CCN(c2ccc(NC(=O)COC(=O)CCNS(=O)(=O)c3ccc(C)cc3)cc2)CC1. The van der Waals surface area contributed by atoms with Crippen molar-refractivity contribution in [1.82, 2.24) is 4.72 Å². The largest absolute Gasteiger partial charge is 0.456 e. The molecule has 10 heteroatoms. The van der Waals surface area contributed by atoms with Crippen LogP contribution in [0.1, 0.15) is 18.9 Å². The number of aryl methyl sites for hydroxylation is 1. The number of carbonyl (C=O) groups excluding carboxylic acids is 2. The average molecular weight is 490 g/mol. The van der Waals surface area contributed by atoms with Crippen molar-refractivity contribution in [3.8, 4) is 0 Å². The Kier molecular flexibility index (Phi) is 9.03. The molecular weight excluding hydrogens is 456 g/mol. The normalized spacial score (nSPS) is 14.6. The molecule has 184 valence electrons. The van der Waals surface area contributed by atoms with Gasteiger partial charge in [-0.1, -0.05) is 17.7 Å². The first kappa shape index (κ1) is 25.7. The maximum atomic E-state index is 12.2. The highest BCUT2D eigenvalue weighted by atomic mass is 32.2. The molecule has 34 heavy (non-hydrogen) atoms. The topological polar surface area (TPSA) is 109 Å². The Bertz CT molecular complexity index is 1060. The third-order valence-electron chi connectivity index (χ3n) is 5.80. The van der Waals surface area contributed by atoms with E-state index in [4.69, 9.17) is 4.74 Å². The zero-order chi connectivity index (χ0) is 24.6. The lowest BCUT2D eigenvalue weighted by Gasteiger charge is -2.33. The van der Waals surface area contributed by atoms with E-state index in [1.807, 2.05) is 31.2 Å². The number of piperazine rings is 1. The predicted octanol–water partition coefficient (Wildman–Crippen LogP) is 0.570. The van der Waals surface area contributed by atoms with E-state index in [0.29, 0.717) is 5.69 Å². The minimum atomic E-state index is -3.70. The number of sulfonamides is 1. The molecule has 2 aromatic rings. The molecule has 0 bridgehead atoms. The van der Waals surface area contributed by atoms with Crippen LogP contribution in [0.5, 0.6) is 0 Å². The maximum absolute atomic E-state index is 12.2. The summed E-state index contributed by atoms with van der Waals surface area (Å²) in [5.41, 5.74) is 2.68. The molecule has 1 saturated heterocycles. The molecule has 0 saturated carbocycles. The minimum Gasteiger partial charge on any atom is -0.456 e. The van der Waals surface area contributed by atoms with Gasteiger partial charge in [0.1, 0.15) is 0 Å². The summed E-state index contributed by atoms with van der Waals surface area (Å²) in [5.74, 6) is -1.12. The van der Waals surface area contributed by atoms with Gasteiger partial charge in [-0.2, -0.15) is 0 Å². The van der Waals surface area contributed by atoms with Crippen molar-refractivity contribution in [2.75, 3.05) is 56.1 Å². The van der Waals surface area contributed by atoms with E-state index in [0.717, 1.165) is 44.0 Å². The molecule has 1 aliphatic heterocycles. The molecule has 0 unspecified atom stereocenters. The van der Waals surface area contributed by atoms with Gasteiger partial charge < -0.3 is 19.9 Å². The zero-order valence-electron chi connectivity index (χ0n) is 19.7. The molecule has 0 radical (unpaired) electrons. The van der Waals surface area contributed by atoms with Crippen LogP contribution in [0.3, 0.4) is 0 Å². The van der Waals surface area contributed by atoms with Crippen LogP contribution in [0.4, 0.5) is 11.4 Å². The number of hydrogen-bond donors (Lipinski definition) is 3. The van der Waals surface area contributed by atoms with Crippen molar-refractivity contribution in [1.29, 1.82) is 0 Å². The third kappa shape index (κ3) is 7.54. The molecule has 2 aromatic carbocycles. The number of esters is 1. The second-order valence-electron chi connectivity index (χ2n) is 8.31. The number of carbonyl (C=O) groups is 2. The van der Waals surface area contributed by atoms with Gasteiger partial charge in [-0.25, -0.2) is 13.1 Å². The van der Waals surface area contributed by atoms with Crippen molar-refractivity contribution in [3.05, 3.63) is 54.1 Å². The van der Waals surface area contributed by atoms with E-state index in [1.165, 1.54) is 12.1 Å². The molecule has 1 aliphatic rings. The lowest BCUT2D eigenvalue weighted by Crippen LogP contribution is -3.14. The Morgan fingerprint density at radius 1 is 1.03 bits per heavy atom. The molecular formula is C24H33N4O5S+. The van der Waals surface area contributed by atoms with Crippen molar-refractivity contribution in [3.63, 3.8) is 0 Å². The predicted molar refractivity (Wildman–Crippen MR) is 130 cm³/mol. The van der Waals surface area contributed by atoms with E-state index < -0.39 is 28.5 Å². The number of amides is 1. The summed E-state index contributed by atoms with van der Waals surface area (Å²) in [6.45, 7) is 8.90. The van der Waals surface area contributed by atoms with Crippen LogP contribution in [0.2, 0.25) is 0 Å². The number of rotatable bonds is 10. The maximum Gasteiger partial charge on any atom is 0.307 e. The smallest absolute Gasteiger partial charge is 0.307 e. The van der Waals surface area contributed by atoms with Gasteiger partial charge in [0.25, 0.3) is 5.91 Å². The van der Waals surface area contributed by atoms with Crippen LogP contribution in [0, 0.1) is 6.92 Å². The summed E-state index contributed by atoms with van der Waals surface area (Å²) in [4.78, 5) is 28.1. The van der Waals surface area contributed by atoms with Gasteiger partial charge in [0.15, 0.2) is 6.61 Å². The summed E-state index contributed by atoms with van der Waals surface area (Å²) in [6.07, 6.45) is -0.180. The molecule has 0 spiro atoms. The van der Waals surface area contributed by atoms with Gasteiger partial charge >= 0.3 is 5.97 Å². The number of benzene rings is 2. The van der Waals surface area contributed by atoms with Crippen molar-refractivity contribution in [2.24, 2.45) is 0 Å². The molecule has 1 fully saturated rings. The minimum absolute atomic E-state index is 0.119. The first-order chi connectivity index (χ1) is 16.3. The van der Waals surface area contributed by atoms with E-state index >= 15 is 0 Å². The summed E-state index contributed by atoms with van der Waals surface area (Å²) >= 11 is 0. The lowest BCUT2D eigenvalue weighted by molar-refractivity contribution is -0.898. The molecule has 9 nitrogen and oxygen atoms in total. The number of nitrogens with one attached hydrogen (secondary N) is 3. The highest BCUT2D eigenvalue weighted by molar-refractivity contribution is 7.89. The standard InChI is InChI=1S/C24H32N4O5S/c1-3-27-14-16-28(17-15-27)21-8-6-20(7-9-21)26-23(29)18-33-24(30)12-13-25-34(31,32)22-10-4-19(2)5-11-22/h4-11,25H,3,12-18H2,1-2H3,(H,26,29)/p+1. The summed E-state index contributed by atoms with van der Waals surface area (Å²) in [7, 11) is -3.70. The van der Waals surface area contributed by atoms with Crippen molar-refractivity contribution >= 4 is 33.3 Å². The van der Waals surface area contributed by atoms with Gasteiger partial charge in [-0.05, 0) is 50.2 Å². The van der Waals surface area contributed by atoms with Gasteiger partial charge in [-0.3, -0.25) is 9.59 Å². The van der Waals surface area contributed by atoms with E-state index in [2.05, 4.69) is 21.9 Å². The summed E-state index contributed by atoms with van der Waals surface area (Å²) < 4.78 is 31.7. The fourth-order valence-electron chi connectivity index (χ4n) is 3.69. The van der Waals surface area contributed by atoms with Gasteiger partial charge in [0, 0.05) is 17.9 Å². The number of nitrogens with zero attached hydrogens (tertiary/aromatic N) is 1. The van der Waals surface area contributed by atoms with Crippen LogP contribution < -0.4 is 19.8 Å². The average Bonchev–Trinajstić information content (AvgIpc) is 2.83. The van der Waals surface area contributed by atoms with Crippen LogP contribution in [0.15, 0.2) is 53.4 Å². The fourth-order valence-corrected chi connectivity index (χ4v) is 4.73. The molecule has 0 aromatic heterocycles. The summed E-state index contributed by atoms with van der Waals surface area (Å²) in [6, 6.07) is 14.0. The third-order valence-corrected chi connectivity index (χ3v) is 7.28. The Morgan fingerprint density at radius 3 is 2.29 bits per heavy atom. The second-order valence-corrected chi connectivity index (χ2v) is 10.1. The summed E-state index contributed by atoms with van der Waals surface area (Å²) in [5, 5.41) is 2.70. The lowest BCUT2D eigenvalue weighted by atomic mass is 10.2. The number of anilines is 2. The highest BCUT2D eigenvalue weighted by Gasteiger charge is 2.19. The fraction of sp³-hybridized carbons (Fsp3) is 0.417.